The number of aromatic nitrogens is 6. The summed E-state index contributed by atoms with van der Waals surface area (Å²) in [5.41, 5.74) is 0. The molecule has 0 aliphatic carbocycles. The Kier molecular flexibility index (Phi) is 104. The van der Waals surface area contributed by atoms with Crippen LogP contribution in [0.4, 0.5) is 0 Å². The molecule has 0 fully saturated rings. The molecule has 0 N–H and O–H groups in total. The van der Waals surface area contributed by atoms with Crippen LogP contribution < -0.4 is 0 Å². The van der Waals surface area contributed by atoms with Crippen molar-refractivity contribution in [1.29, 1.82) is 63.1 Å². The molecular weight excluding hydrogens is 396 g/mol. The highest BCUT2D eigenvalue weighted by Crippen LogP contribution is 1.32. The van der Waals surface area contributed by atoms with Gasteiger partial charge in [0.05, 0.1) is 0 Å². The fourth-order valence-electron chi connectivity index (χ4n) is 0.107. The van der Waals surface area contributed by atoms with Crippen LogP contribution in [0, 0.1) is 136 Å². The zero-order valence-electron chi connectivity index (χ0n) is 14.0. The van der Waals surface area contributed by atoms with Gasteiger partial charge in [0.1, 0.15) is 0 Å². The maximum absolute atomic E-state index is 7.26. The monoisotopic (exact) mass is 396 g/mol. The van der Waals surface area contributed by atoms with Crippen molar-refractivity contribution in [3.05, 3.63) is 0 Å². The van der Waals surface area contributed by atoms with E-state index < -0.39 is 0 Å². The number of nitrogens with zero attached hydrogens (tertiary/aromatic N) is 18. The van der Waals surface area contributed by atoms with Crippen LogP contribution in [0.1, 0.15) is 0 Å². The van der Waals surface area contributed by atoms with Gasteiger partial charge in [-0.15, -0.1) is 0 Å². The van der Waals surface area contributed by atoms with Crippen LogP contribution in [-0.4, -0.2) is 31.3 Å². The maximum atomic E-state index is 7.26. The number of nitriles is 12. The average molecular weight is 396 g/mol. The molecule has 30 heavy (non-hydrogen) atoms. The van der Waals surface area contributed by atoms with Crippen LogP contribution in [-0.2, 0) is 0 Å². The Hall–Kier alpha value is -7.32. The van der Waals surface area contributed by atoms with Crippen molar-refractivity contribution in [1.82, 2.24) is 31.3 Å². The van der Waals surface area contributed by atoms with Gasteiger partial charge in [-0.3, -0.25) is 0 Å². The summed E-state index contributed by atoms with van der Waals surface area (Å²) in [5.74, 6) is 0. The van der Waals surface area contributed by atoms with Gasteiger partial charge in [0.15, 0.2) is 72.8 Å². The van der Waals surface area contributed by atoms with Crippen LogP contribution in [0.3, 0.4) is 0 Å². The number of hydrogen-bond donors (Lipinski definition) is 0. The van der Waals surface area contributed by atoms with E-state index in [2.05, 4.69) is 31.3 Å². The van der Waals surface area contributed by atoms with E-state index in [9.17, 15) is 0 Å². The second-order valence-corrected chi connectivity index (χ2v) is 1.88. The van der Waals surface area contributed by atoms with Gasteiger partial charge in [-0.25, -0.2) is 0 Å². The van der Waals surface area contributed by atoms with E-state index in [1.807, 2.05) is 0 Å². The molecule has 0 amide bonds. The molecule has 0 bridgehead atoms. The minimum Gasteiger partial charge on any atom is -0.181 e. The van der Waals surface area contributed by atoms with Gasteiger partial charge < -0.3 is 0 Å². The van der Waals surface area contributed by atoms with E-state index in [1.54, 1.807) is 0 Å². The Morgan fingerprint density at radius 2 is 0.267 bits per heavy atom. The Morgan fingerprint density at radius 1 is 0.200 bits per heavy atom. The molecule has 0 aromatic carbocycles. The van der Waals surface area contributed by atoms with Gasteiger partial charge in [-0.1, -0.05) is 0 Å². The summed E-state index contributed by atoms with van der Waals surface area (Å²) in [4.78, 5) is 0. The molecule has 1 aromatic rings. The Balaban J connectivity index is -0.0000000565. The highest BCUT2D eigenvalue weighted by molar-refractivity contribution is 5.00. The van der Waals surface area contributed by atoms with Gasteiger partial charge in [0.2, 0.25) is 0 Å². The van der Waals surface area contributed by atoms with E-state index in [0.717, 1.165) is 0 Å². The number of rotatable bonds is 0. The smallest absolute Gasteiger partial charge is 0.181 e. The van der Waals surface area contributed by atoms with Gasteiger partial charge in [-0.2, -0.15) is 63.1 Å². The van der Waals surface area contributed by atoms with Crippen molar-refractivity contribution < 1.29 is 0 Å². The predicted molar refractivity (Wildman–Crippen MR) is 80.6 cm³/mol. The van der Waals surface area contributed by atoms with Gasteiger partial charge >= 0.3 is 0 Å². The van der Waals surface area contributed by atoms with E-state index in [4.69, 9.17) is 63.1 Å². The first-order valence-electron chi connectivity index (χ1n) is 5.38. The first-order chi connectivity index (χ1) is 14.5. The molecule has 0 aliphatic heterocycles. The zero-order chi connectivity index (χ0) is 24.7. The van der Waals surface area contributed by atoms with Crippen LogP contribution in [0.2, 0.25) is 0 Å². The summed E-state index contributed by atoms with van der Waals surface area (Å²) in [6.07, 6.45) is 0. The van der Waals surface area contributed by atoms with Crippen LogP contribution in [0.25, 0.3) is 0 Å². The summed E-state index contributed by atoms with van der Waals surface area (Å²) in [6, 6.07) is 14.8. The summed E-state index contributed by atoms with van der Waals surface area (Å²) in [5, 5.41) is 105. The molecule has 1 heterocycles. The molecule has 1 aromatic heterocycles. The Morgan fingerprint density at radius 3 is 0.300 bits per heavy atom. The number of hydrogen-bond acceptors (Lipinski definition) is 18. The van der Waals surface area contributed by atoms with E-state index in [-0.39, 0.29) is 0 Å². The second-order valence-electron chi connectivity index (χ2n) is 1.88. The quantitative estimate of drug-likeness (QED) is 0.468. The molecule has 1 rings (SSSR count). The van der Waals surface area contributed by atoms with E-state index in [0.29, 0.717) is 0 Å². The largest absolute Gasteiger partial charge is 0.181 e. The lowest BCUT2D eigenvalue weighted by molar-refractivity contribution is 0.570. The topological polar surface area (TPSA) is 363 Å². The fraction of sp³-hybridized carbons (Fsp3) is 0. The third-order valence-electron chi connectivity index (χ3n) is 0.540. The molecule has 0 unspecified atom stereocenters. The molecule has 0 radical (unpaired) electrons. The third-order valence-corrected chi connectivity index (χ3v) is 0.540. The van der Waals surface area contributed by atoms with Gasteiger partial charge in [0, 0.05) is 31.3 Å². The van der Waals surface area contributed by atoms with E-state index >= 15 is 0 Å². The van der Waals surface area contributed by atoms with Crippen molar-refractivity contribution in [3.8, 4) is 72.8 Å². The average Bonchev–Trinajstić information content (AvgIpc) is 2.85. The first-order valence-corrected chi connectivity index (χ1v) is 5.38. The summed E-state index contributed by atoms with van der Waals surface area (Å²) >= 11 is 0. The molecule has 0 spiro atoms. The van der Waals surface area contributed by atoms with Crippen molar-refractivity contribution in [2.75, 3.05) is 0 Å². The second kappa shape index (κ2) is 81.3. The van der Waals surface area contributed by atoms with Crippen molar-refractivity contribution in [2.45, 2.75) is 0 Å². The Bertz CT molecular complexity index is 736. The van der Waals surface area contributed by atoms with Crippen LogP contribution in [0.5, 0.6) is 0 Å². The maximum Gasteiger partial charge on any atom is 0.181 e. The predicted octanol–water partition coefficient (Wildman–Crippen LogP) is -1.74. The molecule has 0 atom stereocenters. The fourth-order valence-corrected chi connectivity index (χ4v) is 0.107. The standard InChI is InChI=1S/6C2N2.N6/c6*3-1-2-4;1-2-4-6-5-3-1. The first kappa shape index (κ1) is 38.3. The normalized spacial score (nSPS) is 3.60. The van der Waals surface area contributed by atoms with Gasteiger partial charge in [-0.05, 0) is 0 Å². The summed E-state index contributed by atoms with van der Waals surface area (Å²) in [7, 11) is 0. The zero-order valence-corrected chi connectivity index (χ0v) is 14.0. The van der Waals surface area contributed by atoms with Crippen LogP contribution in [0.15, 0.2) is 0 Å². The highest BCUT2D eigenvalue weighted by Gasteiger charge is 1.64. The SMILES string of the molecule is N#CC#N.N#CC#N.N#CC#N.N#CC#N.N#CC#N.N#CC#N.n1nnnnn1. The molecule has 18 nitrogen and oxygen atoms in total. The minimum absolute atomic E-state index is 1.24. The lowest BCUT2D eigenvalue weighted by atomic mass is 10.9. The summed E-state index contributed by atoms with van der Waals surface area (Å²) in [6.45, 7) is 0. The lowest BCUT2D eigenvalue weighted by Gasteiger charge is -1.63. The molecule has 0 saturated heterocycles. The minimum atomic E-state index is 1.24. The third kappa shape index (κ3) is 366. The summed E-state index contributed by atoms with van der Waals surface area (Å²) < 4.78 is 0. The van der Waals surface area contributed by atoms with Crippen molar-refractivity contribution in [3.63, 3.8) is 0 Å². The van der Waals surface area contributed by atoms with Crippen molar-refractivity contribution >= 4 is 0 Å². The molecule has 18 heteroatoms. The highest BCUT2D eigenvalue weighted by atomic mass is 15.6. The van der Waals surface area contributed by atoms with Gasteiger partial charge in [0.25, 0.3) is 0 Å². The lowest BCUT2D eigenvalue weighted by Crippen LogP contribution is -1.96. The molecule has 138 valence electrons. The molecule has 0 aliphatic rings. The van der Waals surface area contributed by atoms with Crippen molar-refractivity contribution in [2.24, 2.45) is 0 Å². The van der Waals surface area contributed by atoms with Crippen LogP contribution >= 0.6 is 0 Å². The Labute approximate surface area is 168 Å². The molecule has 0 saturated carbocycles. The van der Waals surface area contributed by atoms with E-state index in [1.165, 1.54) is 72.8 Å². The molecular formula is C12N18.